The molecular weight excluding hydrogens is 232 g/mol. The normalized spacial score (nSPS) is 30.9. The quantitative estimate of drug-likeness (QED) is 0.786. The molecule has 0 atom stereocenters. The highest BCUT2D eigenvalue weighted by Gasteiger charge is 2.36. The van der Waals surface area contributed by atoms with E-state index in [0.29, 0.717) is 5.54 Å². The van der Waals surface area contributed by atoms with Gasteiger partial charge in [0.1, 0.15) is 0 Å². The molecule has 2 saturated carbocycles. The van der Waals surface area contributed by atoms with Crippen LogP contribution in [0.3, 0.4) is 0 Å². The summed E-state index contributed by atoms with van der Waals surface area (Å²) in [5.74, 6) is 1.03. The Morgan fingerprint density at radius 3 is 2.21 bits per heavy atom. The molecule has 0 saturated heterocycles. The first-order valence-electron chi connectivity index (χ1n) is 8.57. The molecule has 0 amide bonds. The standard InChI is InChI=1S/C17H34N2/c1-4-7-15-8-10-16(11-9-15)18-14-17(19(2)3)12-5-6-13-17/h15-16,18H,4-14H2,1-3H3. The summed E-state index contributed by atoms with van der Waals surface area (Å²) in [6, 6.07) is 0.797. The van der Waals surface area contributed by atoms with Crippen LogP contribution in [0.1, 0.15) is 71.1 Å². The molecule has 1 N–H and O–H groups in total. The number of rotatable bonds is 6. The van der Waals surface area contributed by atoms with E-state index in [1.165, 1.54) is 70.8 Å². The van der Waals surface area contributed by atoms with Crippen LogP contribution in [0.4, 0.5) is 0 Å². The minimum Gasteiger partial charge on any atom is -0.312 e. The Balaban J connectivity index is 1.73. The van der Waals surface area contributed by atoms with Crippen molar-refractivity contribution in [2.45, 2.75) is 82.7 Å². The smallest absolute Gasteiger partial charge is 0.0327 e. The maximum atomic E-state index is 3.91. The minimum atomic E-state index is 0.459. The van der Waals surface area contributed by atoms with Gasteiger partial charge in [0.2, 0.25) is 0 Å². The third-order valence-electron chi connectivity index (χ3n) is 5.75. The lowest BCUT2D eigenvalue weighted by atomic mass is 9.83. The van der Waals surface area contributed by atoms with Gasteiger partial charge in [-0.1, -0.05) is 32.6 Å². The van der Waals surface area contributed by atoms with Gasteiger partial charge in [-0.2, -0.15) is 0 Å². The molecule has 0 spiro atoms. The Bertz CT molecular complexity index is 248. The van der Waals surface area contributed by atoms with E-state index in [-0.39, 0.29) is 0 Å². The van der Waals surface area contributed by atoms with E-state index >= 15 is 0 Å². The van der Waals surface area contributed by atoms with E-state index in [1.54, 1.807) is 0 Å². The lowest BCUT2D eigenvalue weighted by Gasteiger charge is -2.39. The Morgan fingerprint density at radius 2 is 1.68 bits per heavy atom. The van der Waals surface area contributed by atoms with Gasteiger partial charge in [-0.15, -0.1) is 0 Å². The van der Waals surface area contributed by atoms with E-state index in [0.717, 1.165) is 12.0 Å². The van der Waals surface area contributed by atoms with Crippen molar-refractivity contribution in [3.8, 4) is 0 Å². The summed E-state index contributed by atoms with van der Waals surface area (Å²) in [6.07, 6.45) is 14.2. The number of nitrogens with zero attached hydrogens (tertiary/aromatic N) is 1. The number of likely N-dealkylation sites (N-methyl/N-ethyl adjacent to an activating group) is 1. The Morgan fingerprint density at radius 1 is 1.05 bits per heavy atom. The molecule has 0 aromatic rings. The lowest BCUT2D eigenvalue weighted by Crippen LogP contribution is -2.52. The predicted molar refractivity (Wildman–Crippen MR) is 83.5 cm³/mol. The second kappa shape index (κ2) is 7.08. The van der Waals surface area contributed by atoms with Crippen LogP contribution in [-0.4, -0.2) is 37.1 Å². The van der Waals surface area contributed by atoms with Gasteiger partial charge in [0.15, 0.2) is 0 Å². The molecule has 0 heterocycles. The molecule has 0 bridgehead atoms. The third-order valence-corrected chi connectivity index (χ3v) is 5.75. The van der Waals surface area contributed by atoms with Gasteiger partial charge in [0, 0.05) is 18.1 Å². The monoisotopic (exact) mass is 266 g/mol. The van der Waals surface area contributed by atoms with Gasteiger partial charge in [-0.05, 0) is 58.5 Å². The summed E-state index contributed by atoms with van der Waals surface area (Å²) < 4.78 is 0. The number of hydrogen-bond donors (Lipinski definition) is 1. The molecule has 0 radical (unpaired) electrons. The Labute approximate surface area is 120 Å². The van der Waals surface area contributed by atoms with E-state index in [2.05, 4.69) is 31.2 Å². The van der Waals surface area contributed by atoms with E-state index in [4.69, 9.17) is 0 Å². The van der Waals surface area contributed by atoms with Crippen LogP contribution in [0.15, 0.2) is 0 Å². The highest BCUT2D eigenvalue weighted by atomic mass is 15.2. The fourth-order valence-corrected chi connectivity index (χ4v) is 4.21. The molecule has 2 fully saturated rings. The predicted octanol–water partition coefficient (Wildman–Crippen LogP) is 3.81. The molecule has 2 aliphatic carbocycles. The summed E-state index contributed by atoms with van der Waals surface area (Å²) >= 11 is 0. The minimum absolute atomic E-state index is 0.459. The van der Waals surface area contributed by atoms with E-state index in [9.17, 15) is 0 Å². The SMILES string of the molecule is CCCC1CCC(NCC2(N(C)C)CCCC2)CC1. The van der Waals surface area contributed by atoms with Gasteiger partial charge in [0.25, 0.3) is 0 Å². The van der Waals surface area contributed by atoms with Crippen LogP contribution in [0.25, 0.3) is 0 Å². The largest absolute Gasteiger partial charge is 0.312 e. The maximum absolute atomic E-state index is 3.91. The molecule has 0 aromatic heterocycles. The van der Waals surface area contributed by atoms with Crippen molar-refractivity contribution in [1.29, 1.82) is 0 Å². The first-order valence-corrected chi connectivity index (χ1v) is 8.57. The molecular formula is C17H34N2. The third kappa shape index (κ3) is 3.95. The highest BCUT2D eigenvalue weighted by Crippen LogP contribution is 2.34. The second-order valence-electron chi connectivity index (χ2n) is 7.21. The van der Waals surface area contributed by atoms with Crippen LogP contribution in [-0.2, 0) is 0 Å². The average molecular weight is 266 g/mol. The van der Waals surface area contributed by atoms with Crippen molar-refractivity contribution in [2.24, 2.45) is 5.92 Å². The zero-order valence-electron chi connectivity index (χ0n) is 13.4. The van der Waals surface area contributed by atoms with Crippen LogP contribution < -0.4 is 5.32 Å². The number of hydrogen-bond acceptors (Lipinski definition) is 2. The van der Waals surface area contributed by atoms with Crippen molar-refractivity contribution in [1.82, 2.24) is 10.2 Å². The van der Waals surface area contributed by atoms with Crippen LogP contribution >= 0.6 is 0 Å². The van der Waals surface area contributed by atoms with Crippen LogP contribution in [0.2, 0.25) is 0 Å². The highest BCUT2D eigenvalue weighted by molar-refractivity contribution is 4.95. The Kier molecular flexibility index (Phi) is 5.70. The first-order chi connectivity index (χ1) is 9.16. The van der Waals surface area contributed by atoms with Crippen molar-refractivity contribution in [2.75, 3.05) is 20.6 Å². The van der Waals surface area contributed by atoms with Gasteiger partial charge >= 0.3 is 0 Å². The zero-order chi connectivity index (χ0) is 13.7. The second-order valence-corrected chi connectivity index (χ2v) is 7.21. The first kappa shape index (κ1) is 15.3. The van der Waals surface area contributed by atoms with Crippen molar-refractivity contribution < 1.29 is 0 Å². The topological polar surface area (TPSA) is 15.3 Å². The molecule has 2 rings (SSSR count). The van der Waals surface area contributed by atoms with Crippen molar-refractivity contribution in [3.05, 3.63) is 0 Å². The van der Waals surface area contributed by atoms with E-state index < -0.39 is 0 Å². The molecule has 2 heteroatoms. The maximum Gasteiger partial charge on any atom is 0.0327 e. The Hall–Kier alpha value is -0.0800. The van der Waals surface area contributed by atoms with Crippen LogP contribution in [0, 0.1) is 5.92 Å². The fraction of sp³-hybridized carbons (Fsp3) is 1.00. The lowest BCUT2D eigenvalue weighted by molar-refractivity contribution is 0.142. The summed E-state index contributed by atoms with van der Waals surface area (Å²) in [6.45, 7) is 3.54. The van der Waals surface area contributed by atoms with Gasteiger partial charge in [-0.3, -0.25) is 0 Å². The van der Waals surface area contributed by atoms with E-state index in [1.807, 2.05) is 0 Å². The average Bonchev–Trinajstić information content (AvgIpc) is 2.88. The van der Waals surface area contributed by atoms with Gasteiger partial charge < -0.3 is 10.2 Å². The number of nitrogens with one attached hydrogen (secondary N) is 1. The molecule has 0 aliphatic heterocycles. The summed E-state index contributed by atoms with van der Waals surface area (Å²) in [4.78, 5) is 2.48. The molecule has 112 valence electrons. The van der Waals surface area contributed by atoms with Gasteiger partial charge in [-0.25, -0.2) is 0 Å². The van der Waals surface area contributed by atoms with Crippen molar-refractivity contribution in [3.63, 3.8) is 0 Å². The molecule has 19 heavy (non-hydrogen) atoms. The summed E-state index contributed by atoms with van der Waals surface area (Å²) in [5, 5.41) is 3.91. The van der Waals surface area contributed by atoms with Gasteiger partial charge in [0.05, 0.1) is 0 Å². The van der Waals surface area contributed by atoms with Crippen LogP contribution in [0.5, 0.6) is 0 Å². The summed E-state index contributed by atoms with van der Waals surface area (Å²) in [5.41, 5.74) is 0.459. The molecule has 0 unspecified atom stereocenters. The molecule has 0 aromatic carbocycles. The molecule has 2 nitrogen and oxygen atoms in total. The summed E-state index contributed by atoms with van der Waals surface area (Å²) in [7, 11) is 4.54. The fourth-order valence-electron chi connectivity index (χ4n) is 4.21. The molecule has 2 aliphatic rings. The van der Waals surface area contributed by atoms with Crippen molar-refractivity contribution >= 4 is 0 Å². The zero-order valence-corrected chi connectivity index (χ0v) is 13.4.